The first-order valence-electron chi connectivity index (χ1n) is 10.6. The summed E-state index contributed by atoms with van der Waals surface area (Å²) in [6.07, 6.45) is 3.77. The van der Waals surface area contributed by atoms with E-state index in [1.165, 1.54) is 11.1 Å². The van der Waals surface area contributed by atoms with Gasteiger partial charge in [-0.25, -0.2) is 0 Å². The molecular formula is C23H29N3O3. The molecule has 0 N–H and O–H groups in total. The second-order valence-corrected chi connectivity index (χ2v) is 9.14. The summed E-state index contributed by atoms with van der Waals surface area (Å²) in [6.45, 7) is 8.49. The minimum absolute atomic E-state index is 0.0579. The zero-order valence-electron chi connectivity index (χ0n) is 17.4. The average molecular weight is 396 g/mol. The Kier molecular flexibility index (Phi) is 4.33. The second kappa shape index (κ2) is 6.67. The van der Waals surface area contributed by atoms with E-state index >= 15 is 0 Å². The van der Waals surface area contributed by atoms with Crippen LogP contribution in [0, 0.1) is 25.7 Å². The number of likely N-dealkylation sites (N-methyl/N-ethyl adjacent to an activating group) is 1. The van der Waals surface area contributed by atoms with E-state index in [4.69, 9.17) is 4.74 Å². The molecule has 6 nitrogen and oxygen atoms in total. The molecule has 6 heteroatoms. The lowest BCUT2D eigenvalue weighted by Gasteiger charge is -2.35. The molecule has 0 aliphatic carbocycles. The minimum Gasteiger partial charge on any atom is -0.360 e. The van der Waals surface area contributed by atoms with E-state index in [1.54, 1.807) is 0 Å². The third kappa shape index (κ3) is 2.92. The van der Waals surface area contributed by atoms with Crippen LogP contribution in [0.4, 0.5) is 0 Å². The number of rotatable bonds is 3. The molecule has 4 aliphatic heterocycles. The van der Waals surface area contributed by atoms with Crippen molar-refractivity contribution in [2.45, 2.75) is 32.1 Å². The highest BCUT2D eigenvalue weighted by Gasteiger charge is 2.67. The Morgan fingerprint density at radius 3 is 2.66 bits per heavy atom. The van der Waals surface area contributed by atoms with Crippen molar-refractivity contribution in [3.05, 3.63) is 47.0 Å². The summed E-state index contributed by atoms with van der Waals surface area (Å²) in [5.74, 6) is -0.639. The number of piperazine rings is 1. The summed E-state index contributed by atoms with van der Waals surface area (Å²) in [6, 6.07) is 6.34. The molecule has 0 aromatic heterocycles. The van der Waals surface area contributed by atoms with Crippen LogP contribution >= 0.6 is 0 Å². The molecule has 29 heavy (non-hydrogen) atoms. The lowest BCUT2D eigenvalue weighted by atomic mass is 9.76. The van der Waals surface area contributed by atoms with Gasteiger partial charge in [-0.2, -0.15) is 0 Å². The van der Waals surface area contributed by atoms with Gasteiger partial charge in [0.2, 0.25) is 11.8 Å². The molecule has 154 valence electrons. The molecule has 2 amide bonds. The van der Waals surface area contributed by atoms with Crippen molar-refractivity contribution in [3.8, 4) is 0 Å². The van der Waals surface area contributed by atoms with E-state index < -0.39 is 11.5 Å². The number of carbonyl (C=O) groups excluding carboxylic acids is 2. The SMILES string of the molecule is Cc1ccc(CN2C[C@]34C=C[C@H](O3)[C@@H](C(=O)N3CCN(C)CC3)[C@@H]4C2=O)cc1C. The Labute approximate surface area is 172 Å². The van der Waals surface area contributed by atoms with E-state index in [-0.39, 0.29) is 23.8 Å². The van der Waals surface area contributed by atoms with Crippen molar-refractivity contribution in [2.75, 3.05) is 39.8 Å². The van der Waals surface area contributed by atoms with Crippen molar-refractivity contribution in [1.29, 1.82) is 0 Å². The number of aryl methyl sites for hydroxylation is 2. The smallest absolute Gasteiger partial charge is 0.230 e. The minimum atomic E-state index is -0.631. The molecule has 3 saturated heterocycles. The molecule has 4 atom stereocenters. The summed E-state index contributed by atoms with van der Waals surface area (Å²) in [4.78, 5) is 32.8. The van der Waals surface area contributed by atoms with Gasteiger partial charge in [0.05, 0.1) is 24.5 Å². The predicted molar refractivity (Wildman–Crippen MR) is 109 cm³/mol. The molecule has 0 saturated carbocycles. The zero-order chi connectivity index (χ0) is 20.3. The zero-order valence-corrected chi connectivity index (χ0v) is 17.4. The van der Waals surface area contributed by atoms with Crippen molar-refractivity contribution >= 4 is 11.8 Å². The maximum Gasteiger partial charge on any atom is 0.230 e. The van der Waals surface area contributed by atoms with Crippen LogP contribution in [0.25, 0.3) is 0 Å². The molecule has 5 rings (SSSR count). The van der Waals surface area contributed by atoms with Crippen molar-refractivity contribution < 1.29 is 14.3 Å². The van der Waals surface area contributed by atoms with Crippen LogP contribution in [0.15, 0.2) is 30.4 Å². The fraction of sp³-hybridized carbons (Fsp3) is 0.565. The lowest BCUT2D eigenvalue weighted by Crippen LogP contribution is -2.52. The normalized spacial score (nSPS) is 33.6. The highest BCUT2D eigenvalue weighted by Crippen LogP contribution is 2.52. The van der Waals surface area contributed by atoms with Crippen LogP contribution in [-0.2, 0) is 20.9 Å². The first kappa shape index (κ1) is 18.8. The van der Waals surface area contributed by atoms with E-state index in [2.05, 4.69) is 44.0 Å². The molecule has 1 aromatic rings. The van der Waals surface area contributed by atoms with Gasteiger partial charge >= 0.3 is 0 Å². The van der Waals surface area contributed by atoms with Crippen molar-refractivity contribution in [1.82, 2.24) is 14.7 Å². The van der Waals surface area contributed by atoms with Gasteiger partial charge in [-0.1, -0.05) is 30.4 Å². The largest absolute Gasteiger partial charge is 0.360 e. The molecule has 0 radical (unpaired) electrons. The molecule has 4 heterocycles. The third-order valence-corrected chi connectivity index (χ3v) is 7.22. The summed E-state index contributed by atoms with van der Waals surface area (Å²) < 4.78 is 6.28. The number of fused-ring (bicyclic) bond motifs is 1. The van der Waals surface area contributed by atoms with Gasteiger partial charge in [-0.3, -0.25) is 9.59 Å². The fourth-order valence-corrected chi connectivity index (χ4v) is 5.35. The first-order valence-corrected chi connectivity index (χ1v) is 10.6. The van der Waals surface area contributed by atoms with E-state index in [0.29, 0.717) is 13.1 Å². The van der Waals surface area contributed by atoms with Crippen molar-refractivity contribution in [3.63, 3.8) is 0 Å². The molecular weight excluding hydrogens is 366 g/mol. The van der Waals surface area contributed by atoms with Gasteiger partial charge in [0.1, 0.15) is 5.60 Å². The van der Waals surface area contributed by atoms with E-state index in [9.17, 15) is 9.59 Å². The van der Waals surface area contributed by atoms with E-state index in [0.717, 1.165) is 31.7 Å². The standard InChI is InChI=1S/C23H29N3O3/c1-15-4-5-17(12-16(15)2)13-26-14-23-7-6-18(29-23)19(20(23)22(26)28)21(27)25-10-8-24(3)9-11-25/h4-7,12,18-20H,8-11,13-14H2,1-3H3/t18-,19+,20+,23-/m0/s1. The van der Waals surface area contributed by atoms with Gasteiger partial charge in [-0.05, 0) is 37.6 Å². The van der Waals surface area contributed by atoms with Crippen LogP contribution < -0.4 is 0 Å². The van der Waals surface area contributed by atoms with Crippen LogP contribution in [0.5, 0.6) is 0 Å². The Balaban J connectivity index is 1.37. The average Bonchev–Trinajstić information content (AvgIpc) is 3.33. The molecule has 1 aromatic carbocycles. The highest BCUT2D eigenvalue weighted by atomic mass is 16.5. The van der Waals surface area contributed by atoms with Gasteiger partial charge in [0, 0.05) is 32.7 Å². The number of carbonyl (C=O) groups is 2. The molecule has 1 spiro atoms. The molecule has 2 bridgehead atoms. The molecule has 3 fully saturated rings. The quantitative estimate of drug-likeness (QED) is 0.726. The second-order valence-electron chi connectivity index (χ2n) is 9.14. The number of nitrogens with zero attached hydrogens (tertiary/aromatic N) is 3. The van der Waals surface area contributed by atoms with Crippen molar-refractivity contribution in [2.24, 2.45) is 11.8 Å². The maximum atomic E-state index is 13.4. The summed E-state index contributed by atoms with van der Waals surface area (Å²) >= 11 is 0. The summed E-state index contributed by atoms with van der Waals surface area (Å²) in [5.41, 5.74) is 2.97. The highest BCUT2D eigenvalue weighted by molar-refractivity contribution is 5.93. The number of amides is 2. The van der Waals surface area contributed by atoms with Gasteiger partial charge in [0.15, 0.2) is 0 Å². The first-order chi connectivity index (χ1) is 13.9. The number of hydrogen-bond donors (Lipinski definition) is 0. The van der Waals surface area contributed by atoms with Crippen LogP contribution in [0.3, 0.4) is 0 Å². The maximum absolute atomic E-state index is 13.4. The number of ether oxygens (including phenoxy) is 1. The van der Waals surface area contributed by atoms with Gasteiger partial charge < -0.3 is 19.4 Å². The summed E-state index contributed by atoms with van der Waals surface area (Å²) in [7, 11) is 2.07. The van der Waals surface area contributed by atoms with Crippen LogP contribution in [0.2, 0.25) is 0 Å². The third-order valence-electron chi connectivity index (χ3n) is 7.22. The monoisotopic (exact) mass is 395 g/mol. The fourth-order valence-electron chi connectivity index (χ4n) is 5.35. The number of hydrogen-bond acceptors (Lipinski definition) is 4. The Morgan fingerprint density at radius 2 is 1.93 bits per heavy atom. The number of benzene rings is 1. The Morgan fingerprint density at radius 1 is 1.17 bits per heavy atom. The Bertz CT molecular complexity index is 889. The van der Waals surface area contributed by atoms with Gasteiger partial charge in [-0.15, -0.1) is 0 Å². The lowest BCUT2D eigenvalue weighted by molar-refractivity contribution is -0.144. The predicted octanol–water partition coefficient (Wildman–Crippen LogP) is 1.36. The van der Waals surface area contributed by atoms with E-state index in [1.807, 2.05) is 22.0 Å². The van der Waals surface area contributed by atoms with Crippen LogP contribution in [-0.4, -0.2) is 78.0 Å². The summed E-state index contributed by atoms with van der Waals surface area (Å²) in [5, 5.41) is 0. The Hall–Kier alpha value is -2.18. The molecule has 0 unspecified atom stereocenters. The topological polar surface area (TPSA) is 53.1 Å². The number of likely N-dealkylation sites (tertiary alicyclic amines) is 1. The van der Waals surface area contributed by atoms with Gasteiger partial charge in [0.25, 0.3) is 0 Å². The van der Waals surface area contributed by atoms with Crippen LogP contribution in [0.1, 0.15) is 16.7 Å². The molecule has 4 aliphatic rings.